The van der Waals surface area contributed by atoms with Gasteiger partial charge in [-0.3, -0.25) is 4.79 Å². The van der Waals surface area contributed by atoms with Crippen LogP contribution in [0.3, 0.4) is 0 Å². The van der Waals surface area contributed by atoms with E-state index in [0.29, 0.717) is 13.1 Å². The minimum absolute atomic E-state index is 0.00797. The molecule has 5 heteroatoms. The molecule has 0 aliphatic carbocycles. The number of carbonyl (C=O) groups is 2. The van der Waals surface area contributed by atoms with E-state index in [1.165, 1.54) is 0 Å². The molecular formula is C16H12BrNO3. The van der Waals surface area contributed by atoms with Gasteiger partial charge in [0.2, 0.25) is 0 Å². The van der Waals surface area contributed by atoms with Gasteiger partial charge in [-0.25, -0.2) is 4.79 Å². The van der Waals surface area contributed by atoms with Crippen LogP contribution in [0.25, 0.3) is 0 Å². The van der Waals surface area contributed by atoms with E-state index < -0.39 is 5.97 Å². The summed E-state index contributed by atoms with van der Waals surface area (Å²) in [6.45, 7) is 1.04. The Kier molecular flexibility index (Phi) is 3.51. The summed E-state index contributed by atoms with van der Waals surface area (Å²) in [6, 6.07) is 12.2. The van der Waals surface area contributed by atoms with Gasteiger partial charge in [-0.05, 0) is 35.4 Å². The number of hydrogen-bond acceptors (Lipinski definition) is 2. The van der Waals surface area contributed by atoms with Crippen molar-refractivity contribution < 1.29 is 14.7 Å². The van der Waals surface area contributed by atoms with Crippen LogP contribution in [0.2, 0.25) is 0 Å². The molecule has 0 spiro atoms. The van der Waals surface area contributed by atoms with Crippen LogP contribution in [0.4, 0.5) is 0 Å². The van der Waals surface area contributed by atoms with Crippen LogP contribution in [0.5, 0.6) is 0 Å². The van der Waals surface area contributed by atoms with E-state index in [2.05, 4.69) is 15.9 Å². The molecule has 0 radical (unpaired) electrons. The van der Waals surface area contributed by atoms with Crippen molar-refractivity contribution in [3.05, 3.63) is 69.2 Å². The highest BCUT2D eigenvalue weighted by Crippen LogP contribution is 2.30. The molecule has 106 valence electrons. The number of nitrogens with zero attached hydrogens (tertiary/aromatic N) is 1. The molecule has 1 aliphatic rings. The molecule has 0 saturated heterocycles. The molecule has 0 bridgehead atoms. The van der Waals surface area contributed by atoms with Crippen molar-refractivity contribution in [2.45, 2.75) is 13.1 Å². The fourth-order valence-corrected chi connectivity index (χ4v) is 2.95. The van der Waals surface area contributed by atoms with Crippen molar-refractivity contribution >= 4 is 27.8 Å². The summed E-state index contributed by atoms with van der Waals surface area (Å²) in [5, 5.41) is 8.88. The van der Waals surface area contributed by atoms with Crippen molar-refractivity contribution in [1.82, 2.24) is 4.90 Å². The lowest BCUT2D eigenvalue weighted by molar-refractivity contribution is 0.0695. The molecule has 0 unspecified atom stereocenters. The maximum absolute atomic E-state index is 12.3. The fraction of sp³-hybridized carbons (Fsp3) is 0.125. The van der Waals surface area contributed by atoms with Crippen LogP contribution in [0.15, 0.2) is 46.9 Å². The highest BCUT2D eigenvalue weighted by atomic mass is 79.9. The second-order valence-corrected chi connectivity index (χ2v) is 5.78. The van der Waals surface area contributed by atoms with E-state index in [-0.39, 0.29) is 11.5 Å². The Balaban J connectivity index is 1.80. The van der Waals surface area contributed by atoms with E-state index in [9.17, 15) is 9.59 Å². The molecule has 0 aromatic heterocycles. The lowest BCUT2D eigenvalue weighted by atomic mass is 10.1. The van der Waals surface area contributed by atoms with E-state index in [4.69, 9.17) is 5.11 Å². The SMILES string of the molecule is O=C(O)c1ccc(CN2Cc3c(Br)cccc3C2=O)cc1. The van der Waals surface area contributed by atoms with Crippen LogP contribution in [0.1, 0.15) is 31.8 Å². The third-order valence-electron chi connectivity index (χ3n) is 3.56. The van der Waals surface area contributed by atoms with E-state index in [0.717, 1.165) is 21.2 Å². The summed E-state index contributed by atoms with van der Waals surface area (Å²) in [4.78, 5) is 24.9. The molecular weight excluding hydrogens is 334 g/mol. The summed E-state index contributed by atoms with van der Waals surface area (Å²) in [5.74, 6) is -0.941. The lowest BCUT2D eigenvalue weighted by Gasteiger charge is -2.15. The van der Waals surface area contributed by atoms with Crippen LogP contribution in [-0.2, 0) is 13.1 Å². The lowest BCUT2D eigenvalue weighted by Crippen LogP contribution is -2.23. The average molecular weight is 346 g/mol. The number of halogens is 1. The molecule has 4 nitrogen and oxygen atoms in total. The van der Waals surface area contributed by atoms with Crippen molar-refractivity contribution in [1.29, 1.82) is 0 Å². The Morgan fingerprint density at radius 2 is 1.90 bits per heavy atom. The highest BCUT2D eigenvalue weighted by Gasteiger charge is 2.28. The van der Waals surface area contributed by atoms with Gasteiger partial charge < -0.3 is 10.0 Å². The molecule has 1 heterocycles. The first kappa shape index (κ1) is 13.8. The third-order valence-corrected chi connectivity index (χ3v) is 4.30. The molecule has 2 aromatic rings. The number of aromatic carboxylic acids is 1. The second kappa shape index (κ2) is 5.33. The van der Waals surface area contributed by atoms with Crippen LogP contribution in [0, 0.1) is 0 Å². The molecule has 2 aromatic carbocycles. The number of carboxylic acids is 1. The quantitative estimate of drug-likeness (QED) is 0.928. The standard InChI is InChI=1S/C16H12BrNO3/c17-14-3-1-2-12-13(14)9-18(15(12)19)8-10-4-6-11(7-5-10)16(20)21/h1-7H,8-9H2,(H,20,21). The Morgan fingerprint density at radius 3 is 2.52 bits per heavy atom. The molecule has 0 atom stereocenters. The number of fused-ring (bicyclic) bond motifs is 1. The van der Waals surface area contributed by atoms with Gasteiger partial charge in [0.15, 0.2) is 0 Å². The van der Waals surface area contributed by atoms with Gasteiger partial charge in [-0.15, -0.1) is 0 Å². The van der Waals surface area contributed by atoms with E-state index >= 15 is 0 Å². The molecule has 3 rings (SSSR count). The summed E-state index contributed by atoms with van der Waals surface area (Å²) in [5.41, 5.74) is 2.89. The van der Waals surface area contributed by atoms with Crippen molar-refractivity contribution in [2.75, 3.05) is 0 Å². The monoisotopic (exact) mass is 345 g/mol. The predicted molar refractivity (Wildman–Crippen MR) is 81.1 cm³/mol. The first-order valence-electron chi connectivity index (χ1n) is 6.45. The Labute approximate surface area is 130 Å². The first-order valence-corrected chi connectivity index (χ1v) is 7.24. The second-order valence-electron chi connectivity index (χ2n) is 4.93. The maximum Gasteiger partial charge on any atom is 0.335 e. The van der Waals surface area contributed by atoms with Crippen LogP contribution in [-0.4, -0.2) is 21.9 Å². The van der Waals surface area contributed by atoms with Gasteiger partial charge in [-0.1, -0.05) is 34.1 Å². The summed E-state index contributed by atoms with van der Waals surface area (Å²) < 4.78 is 0.942. The van der Waals surface area contributed by atoms with Crippen LogP contribution >= 0.6 is 15.9 Å². The zero-order valence-corrected chi connectivity index (χ0v) is 12.6. The number of hydrogen-bond donors (Lipinski definition) is 1. The number of carboxylic acid groups (broad SMARTS) is 1. The number of carbonyl (C=O) groups excluding carboxylic acids is 1. The number of benzene rings is 2. The average Bonchev–Trinajstić information content (AvgIpc) is 2.78. The normalized spacial score (nSPS) is 13.4. The highest BCUT2D eigenvalue weighted by molar-refractivity contribution is 9.10. The van der Waals surface area contributed by atoms with Crippen LogP contribution < -0.4 is 0 Å². The van der Waals surface area contributed by atoms with Gasteiger partial charge in [0.1, 0.15) is 0 Å². The minimum Gasteiger partial charge on any atom is -0.478 e. The Morgan fingerprint density at radius 1 is 1.19 bits per heavy atom. The van der Waals surface area contributed by atoms with Gasteiger partial charge in [-0.2, -0.15) is 0 Å². The van der Waals surface area contributed by atoms with Gasteiger partial charge >= 0.3 is 5.97 Å². The summed E-state index contributed by atoms with van der Waals surface area (Å²) in [6.07, 6.45) is 0. The summed E-state index contributed by atoms with van der Waals surface area (Å²) in [7, 11) is 0. The minimum atomic E-state index is -0.949. The topological polar surface area (TPSA) is 57.6 Å². The zero-order chi connectivity index (χ0) is 15.0. The maximum atomic E-state index is 12.3. The molecule has 21 heavy (non-hydrogen) atoms. The zero-order valence-electron chi connectivity index (χ0n) is 11.0. The smallest absolute Gasteiger partial charge is 0.335 e. The molecule has 0 fully saturated rings. The first-order chi connectivity index (χ1) is 10.1. The molecule has 1 N–H and O–H groups in total. The van der Waals surface area contributed by atoms with E-state index in [1.54, 1.807) is 29.2 Å². The van der Waals surface area contributed by atoms with Gasteiger partial charge in [0, 0.05) is 23.1 Å². The predicted octanol–water partition coefficient (Wildman–Crippen LogP) is 3.30. The van der Waals surface area contributed by atoms with Gasteiger partial charge in [0.05, 0.1) is 5.56 Å². The fourth-order valence-electron chi connectivity index (χ4n) is 2.45. The Hall–Kier alpha value is -2.14. The van der Waals surface area contributed by atoms with Crippen molar-refractivity contribution in [3.63, 3.8) is 0 Å². The largest absolute Gasteiger partial charge is 0.478 e. The van der Waals surface area contributed by atoms with E-state index in [1.807, 2.05) is 18.2 Å². The van der Waals surface area contributed by atoms with Crippen molar-refractivity contribution in [2.24, 2.45) is 0 Å². The molecule has 0 saturated carbocycles. The molecule has 1 aliphatic heterocycles. The Bertz CT molecular complexity index is 725. The summed E-state index contributed by atoms with van der Waals surface area (Å²) >= 11 is 3.47. The molecule has 1 amide bonds. The number of amides is 1. The third kappa shape index (κ3) is 2.56. The number of rotatable bonds is 3. The van der Waals surface area contributed by atoms with Crippen molar-refractivity contribution in [3.8, 4) is 0 Å². The van der Waals surface area contributed by atoms with Gasteiger partial charge in [0.25, 0.3) is 5.91 Å².